The van der Waals surface area contributed by atoms with Gasteiger partial charge in [-0.05, 0) is 56.2 Å². The van der Waals surface area contributed by atoms with Gasteiger partial charge in [0.1, 0.15) is 5.75 Å². The van der Waals surface area contributed by atoms with E-state index in [0.717, 1.165) is 17.0 Å². The van der Waals surface area contributed by atoms with Crippen LogP contribution in [-0.4, -0.2) is 17.4 Å². The Hall–Kier alpha value is -2.62. The normalized spacial score (nSPS) is 10.9. The Morgan fingerprint density at radius 2 is 1.91 bits per heavy atom. The van der Waals surface area contributed by atoms with Gasteiger partial charge in [-0.2, -0.15) is 0 Å². The summed E-state index contributed by atoms with van der Waals surface area (Å²) in [5.41, 5.74) is 2.14. The molecule has 1 N–H and O–H groups in total. The van der Waals surface area contributed by atoms with Crippen molar-refractivity contribution in [1.29, 1.82) is 0 Å². The number of pyridine rings is 1. The van der Waals surface area contributed by atoms with Crippen molar-refractivity contribution in [2.24, 2.45) is 0 Å². The topological polar surface area (TPSA) is 59.2 Å². The number of H-pyrrole nitrogens is 1. The van der Waals surface area contributed by atoms with E-state index in [1.165, 1.54) is 6.08 Å². The maximum absolute atomic E-state index is 12.2. The number of hydrogen-bond donors (Lipinski definition) is 1. The molecule has 2 rings (SSSR count). The lowest BCUT2D eigenvalue weighted by atomic mass is 10.1. The van der Waals surface area contributed by atoms with Crippen LogP contribution < -0.4 is 10.3 Å². The summed E-state index contributed by atoms with van der Waals surface area (Å²) in [5.74, 6) is 0.490. The second-order valence-electron chi connectivity index (χ2n) is 5.04. The number of aryl methyl sites for hydroxylation is 2. The fourth-order valence-corrected chi connectivity index (χ4v) is 2.26. The number of aromatic amines is 1. The number of ketones is 1. The van der Waals surface area contributed by atoms with Gasteiger partial charge in [-0.1, -0.05) is 18.2 Å². The van der Waals surface area contributed by atoms with Crippen molar-refractivity contribution < 1.29 is 9.53 Å². The van der Waals surface area contributed by atoms with Crippen LogP contribution in [0.5, 0.6) is 5.75 Å². The molecule has 0 amide bonds. The van der Waals surface area contributed by atoms with Crippen molar-refractivity contribution in [3.8, 4) is 5.75 Å². The number of benzene rings is 1. The van der Waals surface area contributed by atoms with Crippen molar-refractivity contribution in [1.82, 2.24) is 4.98 Å². The van der Waals surface area contributed by atoms with Gasteiger partial charge in [0.25, 0.3) is 5.56 Å². The van der Waals surface area contributed by atoms with Crippen LogP contribution in [0.1, 0.15) is 34.1 Å². The van der Waals surface area contributed by atoms with E-state index in [-0.39, 0.29) is 16.9 Å². The van der Waals surface area contributed by atoms with Crippen LogP contribution >= 0.6 is 0 Å². The number of hydrogen-bond acceptors (Lipinski definition) is 3. The Balaban J connectivity index is 2.20. The molecule has 1 heterocycles. The maximum Gasteiger partial charge on any atom is 0.259 e. The zero-order valence-electron chi connectivity index (χ0n) is 13.0. The molecule has 0 atom stereocenters. The molecule has 1 aromatic heterocycles. The molecule has 0 bridgehead atoms. The Morgan fingerprint density at radius 1 is 1.23 bits per heavy atom. The quantitative estimate of drug-likeness (QED) is 0.680. The molecule has 0 saturated heterocycles. The number of ether oxygens (including phenoxy) is 1. The van der Waals surface area contributed by atoms with E-state index < -0.39 is 0 Å². The van der Waals surface area contributed by atoms with E-state index >= 15 is 0 Å². The first-order valence-electron chi connectivity index (χ1n) is 7.17. The van der Waals surface area contributed by atoms with Crippen LogP contribution in [0.25, 0.3) is 6.08 Å². The molecule has 2 aromatic rings. The molecule has 0 aliphatic carbocycles. The van der Waals surface area contributed by atoms with Crippen molar-refractivity contribution >= 4 is 11.9 Å². The summed E-state index contributed by atoms with van der Waals surface area (Å²) < 4.78 is 5.36. The molecule has 0 aliphatic rings. The molecule has 0 radical (unpaired) electrons. The Bertz CT molecular complexity index is 755. The summed E-state index contributed by atoms with van der Waals surface area (Å²) in [6.45, 7) is 6.09. The highest BCUT2D eigenvalue weighted by Gasteiger charge is 2.11. The number of allylic oxidation sites excluding steroid dienone is 1. The zero-order chi connectivity index (χ0) is 16.1. The smallest absolute Gasteiger partial charge is 0.259 e. The summed E-state index contributed by atoms with van der Waals surface area (Å²) in [6.07, 6.45) is 3.11. The van der Waals surface area contributed by atoms with Gasteiger partial charge in [0.15, 0.2) is 5.78 Å². The van der Waals surface area contributed by atoms with E-state index in [2.05, 4.69) is 4.98 Å². The number of carbonyl (C=O) groups is 1. The van der Waals surface area contributed by atoms with E-state index in [4.69, 9.17) is 4.74 Å². The van der Waals surface area contributed by atoms with Gasteiger partial charge in [-0.15, -0.1) is 0 Å². The third-order valence-electron chi connectivity index (χ3n) is 3.23. The highest BCUT2D eigenvalue weighted by Crippen LogP contribution is 2.13. The molecule has 4 heteroatoms. The average Bonchev–Trinajstić information content (AvgIpc) is 2.46. The van der Waals surface area contributed by atoms with Crippen molar-refractivity contribution in [3.05, 3.63) is 69.1 Å². The predicted molar refractivity (Wildman–Crippen MR) is 87.5 cm³/mol. The molecule has 114 valence electrons. The maximum atomic E-state index is 12.2. The first-order chi connectivity index (χ1) is 10.5. The van der Waals surface area contributed by atoms with E-state index in [9.17, 15) is 9.59 Å². The third kappa shape index (κ3) is 3.73. The molecule has 0 aliphatic heterocycles. The van der Waals surface area contributed by atoms with Crippen LogP contribution in [0.15, 0.2) is 41.2 Å². The highest BCUT2D eigenvalue weighted by molar-refractivity contribution is 6.07. The minimum atomic E-state index is -0.348. The second-order valence-corrected chi connectivity index (χ2v) is 5.04. The molecule has 22 heavy (non-hydrogen) atoms. The molecule has 0 spiro atoms. The van der Waals surface area contributed by atoms with E-state index in [0.29, 0.717) is 12.2 Å². The monoisotopic (exact) mass is 297 g/mol. The Labute approximate surface area is 129 Å². The van der Waals surface area contributed by atoms with Gasteiger partial charge in [-0.25, -0.2) is 0 Å². The summed E-state index contributed by atoms with van der Waals surface area (Å²) in [5, 5.41) is 0. The molecule has 0 saturated carbocycles. The van der Waals surface area contributed by atoms with Crippen LogP contribution in [0.4, 0.5) is 0 Å². The average molecular weight is 297 g/mol. The van der Waals surface area contributed by atoms with Gasteiger partial charge < -0.3 is 9.72 Å². The minimum Gasteiger partial charge on any atom is -0.494 e. The molecule has 0 fully saturated rings. The molecule has 4 nitrogen and oxygen atoms in total. The van der Waals surface area contributed by atoms with Crippen molar-refractivity contribution in [3.63, 3.8) is 0 Å². The fraction of sp³-hybridized carbons (Fsp3) is 0.222. The second kappa shape index (κ2) is 6.89. The molecule has 1 aromatic carbocycles. The van der Waals surface area contributed by atoms with Crippen LogP contribution in [-0.2, 0) is 0 Å². The predicted octanol–water partition coefficient (Wildman–Crippen LogP) is 3.29. The van der Waals surface area contributed by atoms with Crippen molar-refractivity contribution in [2.45, 2.75) is 20.8 Å². The van der Waals surface area contributed by atoms with Crippen LogP contribution in [0, 0.1) is 13.8 Å². The lowest BCUT2D eigenvalue weighted by Gasteiger charge is -2.03. The standard InChI is InChI=1S/C18H19NO3/c1-4-22-15-8-5-14(6-9-15)7-10-16(20)17-12(2)11-13(3)19-18(17)21/h5-11H,4H2,1-3H3,(H,19,21)/b10-7+. The van der Waals surface area contributed by atoms with Gasteiger partial charge in [0.2, 0.25) is 0 Å². The Kier molecular flexibility index (Phi) is 4.94. The summed E-state index contributed by atoms with van der Waals surface area (Å²) in [7, 11) is 0. The molecule has 0 unspecified atom stereocenters. The SMILES string of the molecule is CCOc1ccc(/C=C/C(=O)c2c(C)cc(C)[nH]c2=O)cc1. The largest absolute Gasteiger partial charge is 0.494 e. The third-order valence-corrected chi connectivity index (χ3v) is 3.23. The summed E-state index contributed by atoms with van der Waals surface area (Å²) >= 11 is 0. The van der Waals surface area contributed by atoms with Crippen LogP contribution in [0.3, 0.4) is 0 Å². The van der Waals surface area contributed by atoms with E-state index in [1.807, 2.05) is 31.2 Å². The van der Waals surface area contributed by atoms with Crippen LogP contribution in [0.2, 0.25) is 0 Å². The highest BCUT2D eigenvalue weighted by atomic mass is 16.5. The summed E-state index contributed by atoms with van der Waals surface area (Å²) in [4.78, 5) is 26.8. The first kappa shape index (κ1) is 15.8. The lowest BCUT2D eigenvalue weighted by molar-refractivity contribution is 0.104. The van der Waals surface area contributed by atoms with Gasteiger partial charge in [-0.3, -0.25) is 9.59 Å². The fourth-order valence-electron chi connectivity index (χ4n) is 2.26. The zero-order valence-corrected chi connectivity index (χ0v) is 13.0. The first-order valence-corrected chi connectivity index (χ1v) is 7.17. The number of nitrogens with one attached hydrogen (secondary N) is 1. The number of aromatic nitrogens is 1. The minimum absolute atomic E-state index is 0.188. The van der Waals surface area contributed by atoms with Crippen molar-refractivity contribution in [2.75, 3.05) is 6.61 Å². The lowest BCUT2D eigenvalue weighted by Crippen LogP contribution is -2.19. The van der Waals surface area contributed by atoms with Gasteiger partial charge >= 0.3 is 0 Å². The number of rotatable bonds is 5. The van der Waals surface area contributed by atoms with E-state index in [1.54, 1.807) is 26.0 Å². The summed E-state index contributed by atoms with van der Waals surface area (Å²) in [6, 6.07) is 9.20. The molecular formula is C18H19NO3. The van der Waals surface area contributed by atoms with Gasteiger partial charge in [0, 0.05) is 5.69 Å². The van der Waals surface area contributed by atoms with Gasteiger partial charge in [0.05, 0.1) is 12.2 Å². The molecular weight excluding hydrogens is 278 g/mol. The Morgan fingerprint density at radius 3 is 2.50 bits per heavy atom. The number of carbonyl (C=O) groups excluding carboxylic acids is 1.